The highest BCUT2D eigenvalue weighted by Crippen LogP contribution is 2.13. The molecule has 0 atom stereocenters. The van der Waals surface area contributed by atoms with Crippen LogP contribution in [-0.4, -0.2) is 31.0 Å². The van der Waals surface area contributed by atoms with Crippen molar-refractivity contribution in [3.8, 4) is 11.8 Å². The number of nitrogens with zero attached hydrogens (tertiary/aromatic N) is 2. The van der Waals surface area contributed by atoms with Crippen LogP contribution in [0.4, 0.5) is 0 Å². The predicted molar refractivity (Wildman–Crippen MR) is 60.2 cm³/mol. The third-order valence-electron chi connectivity index (χ3n) is 2.07. The van der Waals surface area contributed by atoms with Gasteiger partial charge in [0.2, 0.25) is 0 Å². The number of amides is 1. The van der Waals surface area contributed by atoms with E-state index in [0.717, 1.165) is 5.75 Å². The smallest absolute Gasteiger partial charge is 0.254 e. The lowest BCUT2D eigenvalue weighted by atomic mass is 10.2. The van der Waals surface area contributed by atoms with Crippen molar-refractivity contribution in [3.63, 3.8) is 0 Å². The highest BCUT2D eigenvalue weighted by atomic mass is 16.5. The molecule has 1 aromatic carbocycles. The molecule has 0 fully saturated rings. The zero-order valence-electron chi connectivity index (χ0n) is 9.43. The molecule has 0 aliphatic carbocycles. The zero-order valence-corrected chi connectivity index (χ0v) is 9.43. The topological polar surface area (TPSA) is 53.3 Å². The van der Waals surface area contributed by atoms with Crippen molar-refractivity contribution in [2.75, 3.05) is 20.2 Å². The quantitative estimate of drug-likeness (QED) is 0.722. The van der Waals surface area contributed by atoms with Gasteiger partial charge >= 0.3 is 0 Å². The van der Waals surface area contributed by atoms with E-state index < -0.39 is 0 Å². The second-order valence-corrected chi connectivity index (χ2v) is 3.28. The Bertz CT molecular complexity index is 392. The van der Waals surface area contributed by atoms with Gasteiger partial charge in [0.05, 0.1) is 12.7 Å². The molecule has 0 bridgehead atoms. The first-order chi connectivity index (χ1) is 7.69. The molecule has 0 aliphatic rings. The van der Waals surface area contributed by atoms with Crippen molar-refractivity contribution in [3.05, 3.63) is 29.8 Å². The Kier molecular flexibility index (Phi) is 4.34. The number of rotatable bonds is 4. The van der Waals surface area contributed by atoms with E-state index in [9.17, 15) is 4.79 Å². The van der Waals surface area contributed by atoms with Crippen LogP contribution in [0, 0.1) is 11.3 Å². The highest BCUT2D eigenvalue weighted by molar-refractivity contribution is 5.94. The molecule has 0 heterocycles. The number of hydrogen-bond acceptors (Lipinski definition) is 3. The standard InChI is InChI=1S/C12H14N2O2/c1-3-16-11-6-4-10(5-7-11)12(15)14(2)9-8-13/h4-7H,3,9H2,1-2H3. The summed E-state index contributed by atoms with van der Waals surface area (Å²) in [6, 6.07) is 8.82. The summed E-state index contributed by atoms with van der Waals surface area (Å²) < 4.78 is 5.27. The van der Waals surface area contributed by atoms with E-state index in [1.807, 2.05) is 13.0 Å². The van der Waals surface area contributed by atoms with E-state index in [1.165, 1.54) is 4.90 Å². The highest BCUT2D eigenvalue weighted by Gasteiger charge is 2.10. The van der Waals surface area contributed by atoms with E-state index in [1.54, 1.807) is 31.3 Å². The molecule has 16 heavy (non-hydrogen) atoms. The van der Waals surface area contributed by atoms with Crippen LogP contribution in [0.3, 0.4) is 0 Å². The Morgan fingerprint density at radius 3 is 2.56 bits per heavy atom. The van der Waals surface area contributed by atoms with Crippen molar-refractivity contribution in [2.45, 2.75) is 6.92 Å². The molecule has 4 heteroatoms. The summed E-state index contributed by atoms with van der Waals surface area (Å²) >= 11 is 0. The van der Waals surface area contributed by atoms with E-state index >= 15 is 0 Å². The van der Waals surface area contributed by atoms with Crippen LogP contribution in [0.1, 0.15) is 17.3 Å². The van der Waals surface area contributed by atoms with Crippen LogP contribution < -0.4 is 4.74 Å². The van der Waals surface area contributed by atoms with Crippen molar-refractivity contribution >= 4 is 5.91 Å². The Morgan fingerprint density at radius 2 is 2.06 bits per heavy atom. The lowest BCUT2D eigenvalue weighted by molar-refractivity contribution is 0.0812. The van der Waals surface area contributed by atoms with E-state index in [-0.39, 0.29) is 12.5 Å². The van der Waals surface area contributed by atoms with Gasteiger partial charge in [-0.25, -0.2) is 0 Å². The van der Waals surface area contributed by atoms with Gasteiger partial charge in [-0.3, -0.25) is 4.79 Å². The van der Waals surface area contributed by atoms with Crippen molar-refractivity contribution in [1.29, 1.82) is 5.26 Å². The summed E-state index contributed by atoms with van der Waals surface area (Å²) in [5, 5.41) is 8.48. The molecule has 1 rings (SSSR count). The minimum absolute atomic E-state index is 0.0893. The maximum Gasteiger partial charge on any atom is 0.254 e. The molecule has 0 aliphatic heterocycles. The van der Waals surface area contributed by atoms with Gasteiger partial charge in [-0.1, -0.05) is 0 Å². The Morgan fingerprint density at radius 1 is 1.44 bits per heavy atom. The lowest BCUT2D eigenvalue weighted by Gasteiger charge is -2.13. The molecule has 0 radical (unpaired) electrons. The van der Waals surface area contributed by atoms with Crippen LogP contribution in [0.5, 0.6) is 5.75 Å². The lowest BCUT2D eigenvalue weighted by Crippen LogP contribution is -2.26. The van der Waals surface area contributed by atoms with Gasteiger partial charge < -0.3 is 9.64 Å². The van der Waals surface area contributed by atoms with E-state index in [4.69, 9.17) is 10.00 Å². The maximum absolute atomic E-state index is 11.7. The summed E-state index contributed by atoms with van der Waals surface area (Å²) in [7, 11) is 1.60. The number of benzene rings is 1. The normalized spacial score (nSPS) is 9.31. The van der Waals surface area contributed by atoms with Crippen molar-refractivity contribution < 1.29 is 9.53 Å². The minimum atomic E-state index is -0.162. The van der Waals surface area contributed by atoms with Gasteiger partial charge in [-0.2, -0.15) is 5.26 Å². The first-order valence-electron chi connectivity index (χ1n) is 5.04. The summed E-state index contributed by atoms with van der Waals surface area (Å²) in [6.45, 7) is 2.59. The number of ether oxygens (including phenoxy) is 1. The molecule has 4 nitrogen and oxygen atoms in total. The number of carbonyl (C=O) groups excluding carboxylic acids is 1. The van der Waals surface area contributed by atoms with E-state index in [2.05, 4.69) is 0 Å². The van der Waals surface area contributed by atoms with E-state index in [0.29, 0.717) is 12.2 Å². The summed E-state index contributed by atoms with van der Waals surface area (Å²) in [5.74, 6) is 0.576. The molecule has 0 aromatic heterocycles. The van der Waals surface area contributed by atoms with Crippen molar-refractivity contribution in [1.82, 2.24) is 4.90 Å². The number of hydrogen-bond donors (Lipinski definition) is 0. The summed E-state index contributed by atoms with van der Waals surface area (Å²) in [6.07, 6.45) is 0. The predicted octanol–water partition coefficient (Wildman–Crippen LogP) is 1.68. The maximum atomic E-state index is 11.7. The molecule has 0 saturated carbocycles. The molecule has 0 spiro atoms. The van der Waals surface area contributed by atoms with Crippen molar-refractivity contribution in [2.24, 2.45) is 0 Å². The summed E-state index contributed by atoms with van der Waals surface area (Å²) in [5.41, 5.74) is 0.557. The number of carbonyl (C=O) groups is 1. The molecule has 0 saturated heterocycles. The first kappa shape index (κ1) is 12.1. The Hall–Kier alpha value is -2.02. The molecule has 84 valence electrons. The molecular weight excluding hydrogens is 204 g/mol. The zero-order chi connectivity index (χ0) is 12.0. The van der Waals surface area contributed by atoms with Gasteiger partial charge in [0, 0.05) is 12.6 Å². The van der Waals surface area contributed by atoms with Gasteiger partial charge in [0.15, 0.2) is 0 Å². The molecule has 1 aromatic rings. The minimum Gasteiger partial charge on any atom is -0.494 e. The fourth-order valence-electron chi connectivity index (χ4n) is 1.26. The molecule has 1 amide bonds. The Labute approximate surface area is 95.0 Å². The fourth-order valence-corrected chi connectivity index (χ4v) is 1.26. The molecule has 0 N–H and O–H groups in total. The van der Waals surface area contributed by atoms with Gasteiger partial charge in [0.1, 0.15) is 12.3 Å². The van der Waals surface area contributed by atoms with Crippen LogP contribution in [0.2, 0.25) is 0 Å². The van der Waals surface area contributed by atoms with Crippen LogP contribution in [0.15, 0.2) is 24.3 Å². The largest absolute Gasteiger partial charge is 0.494 e. The number of nitriles is 1. The SMILES string of the molecule is CCOc1ccc(C(=O)N(C)CC#N)cc1. The fraction of sp³-hybridized carbons (Fsp3) is 0.333. The third kappa shape index (κ3) is 2.99. The average Bonchev–Trinajstić information content (AvgIpc) is 2.30. The van der Waals surface area contributed by atoms with Gasteiger partial charge in [0.25, 0.3) is 5.91 Å². The second kappa shape index (κ2) is 5.76. The van der Waals surface area contributed by atoms with Crippen LogP contribution in [-0.2, 0) is 0 Å². The Balaban J connectivity index is 2.74. The van der Waals surface area contributed by atoms with Crippen LogP contribution in [0.25, 0.3) is 0 Å². The third-order valence-corrected chi connectivity index (χ3v) is 2.07. The van der Waals surface area contributed by atoms with Gasteiger partial charge in [-0.05, 0) is 31.2 Å². The summed E-state index contributed by atoms with van der Waals surface area (Å²) in [4.78, 5) is 13.1. The monoisotopic (exact) mass is 218 g/mol. The molecule has 0 unspecified atom stereocenters. The van der Waals surface area contributed by atoms with Crippen LogP contribution >= 0.6 is 0 Å². The average molecular weight is 218 g/mol. The van der Waals surface area contributed by atoms with Gasteiger partial charge in [-0.15, -0.1) is 0 Å². The first-order valence-corrected chi connectivity index (χ1v) is 5.04. The molecular formula is C12H14N2O2. The second-order valence-electron chi connectivity index (χ2n) is 3.28.